The van der Waals surface area contributed by atoms with Crippen molar-refractivity contribution in [2.45, 2.75) is 42.3 Å². The largest absolute Gasteiger partial charge is 0.465 e. The fourth-order valence-electron chi connectivity index (χ4n) is 5.95. The van der Waals surface area contributed by atoms with E-state index in [9.17, 15) is 4.79 Å². The number of thioether (sulfide) groups is 1. The minimum absolute atomic E-state index is 0.0169. The van der Waals surface area contributed by atoms with Crippen LogP contribution in [-0.4, -0.2) is 29.9 Å². The molecule has 8 rings (SSSR count). The van der Waals surface area contributed by atoms with Crippen molar-refractivity contribution in [3.63, 3.8) is 0 Å². The number of ether oxygens (including phenoxy) is 3. The maximum absolute atomic E-state index is 13.8. The van der Waals surface area contributed by atoms with Crippen LogP contribution in [0.3, 0.4) is 0 Å². The van der Waals surface area contributed by atoms with Gasteiger partial charge >= 0.3 is 5.97 Å². The molecule has 4 aliphatic rings. The highest BCUT2D eigenvalue weighted by Gasteiger charge is 2.66. The van der Waals surface area contributed by atoms with Crippen molar-refractivity contribution in [2.75, 3.05) is 6.61 Å². The minimum atomic E-state index is -1.00. The van der Waals surface area contributed by atoms with Crippen LogP contribution in [0, 0.1) is 0 Å². The summed E-state index contributed by atoms with van der Waals surface area (Å²) in [5.41, 5.74) is 4.88. The molecule has 170 valence electrons. The smallest absolute Gasteiger partial charge is 0.328 e. The van der Waals surface area contributed by atoms with Crippen LogP contribution in [0.4, 0.5) is 0 Å². The molecule has 1 unspecified atom stereocenters. The lowest BCUT2D eigenvalue weighted by atomic mass is 9.69. The van der Waals surface area contributed by atoms with Crippen LogP contribution in [-0.2, 0) is 19.0 Å². The second-order valence-corrected chi connectivity index (χ2v) is 10.7. The Morgan fingerprint density at radius 1 is 0.853 bits per heavy atom. The number of carbonyl (C=O) groups excluding carboxylic acids is 1. The van der Waals surface area contributed by atoms with Crippen LogP contribution in [0.25, 0.3) is 21.5 Å². The average molecular weight is 469 g/mol. The zero-order chi connectivity index (χ0) is 23.0. The summed E-state index contributed by atoms with van der Waals surface area (Å²) in [6.07, 6.45) is -0.984. The number of carbonyl (C=O) groups is 1. The summed E-state index contributed by atoms with van der Waals surface area (Å²) in [6.45, 7) is 4.03. The van der Waals surface area contributed by atoms with Crippen molar-refractivity contribution >= 4 is 39.3 Å². The predicted octanol–water partition coefficient (Wildman–Crippen LogP) is 6.30. The van der Waals surface area contributed by atoms with Gasteiger partial charge < -0.3 is 14.2 Å². The molecule has 1 atom stereocenters. The molecule has 3 heterocycles. The van der Waals surface area contributed by atoms with E-state index in [4.69, 9.17) is 14.2 Å². The first kappa shape index (κ1) is 20.5. The van der Waals surface area contributed by atoms with E-state index in [1.165, 1.54) is 43.8 Å². The first-order valence-electron chi connectivity index (χ1n) is 11.8. The molecule has 0 amide bonds. The van der Waals surface area contributed by atoms with Crippen LogP contribution in [0.5, 0.6) is 0 Å². The van der Waals surface area contributed by atoms with Crippen molar-refractivity contribution in [1.82, 2.24) is 0 Å². The number of esters is 1. The Balaban J connectivity index is 1.54. The molecule has 34 heavy (non-hydrogen) atoms. The van der Waals surface area contributed by atoms with Crippen LogP contribution in [0.15, 0.2) is 72.8 Å². The Bertz CT molecular complexity index is 1390. The zero-order valence-corrected chi connectivity index (χ0v) is 19.8. The van der Waals surface area contributed by atoms with Crippen molar-refractivity contribution in [3.8, 4) is 0 Å². The average Bonchev–Trinajstić information content (AvgIpc) is 2.84. The minimum Gasteiger partial charge on any atom is -0.465 e. The number of fused-ring (bicyclic) bond motifs is 3. The lowest BCUT2D eigenvalue weighted by Gasteiger charge is -2.56. The molecular formula is C29H24O4S. The van der Waals surface area contributed by atoms with E-state index in [2.05, 4.69) is 72.8 Å². The van der Waals surface area contributed by atoms with E-state index >= 15 is 0 Å². The third kappa shape index (κ3) is 2.66. The molecule has 2 bridgehead atoms. The molecule has 0 saturated carbocycles. The fraction of sp³-hybridized carbons (Fsp3) is 0.276. The standard InChI is InChI=1S/C29H24O4S/c1-3-31-27(30)29(28-32-16(2)33-28)25-21-12-17-8-4-6-10-19(17)14-23(21)26(34-29)24-15-20-11-7-5-9-18(20)13-22(24)25/h4-16,25-26,28H,3H2,1-2H3. The molecule has 4 nitrogen and oxygen atoms in total. The maximum atomic E-state index is 13.8. The quantitative estimate of drug-likeness (QED) is 0.330. The first-order valence-corrected chi connectivity index (χ1v) is 12.7. The molecule has 5 heteroatoms. The lowest BCUT2D eigenvalue weighted by molar-refractivity contribution is -0.384. The van der Waals surface area contributed by atoms with Crippen LogP contribution in [0.2, 0.25) is 0 Å². The zero-order valence-electron chi connectivity index (χ0n) is 19.0. The molecule has 3 aliphatic heterocycles. The number of rotatable bonds is 3. The Labute approximate surface area is 202 Å². The molecule has 0 N–H and O–H groups in total. The van der Waals surface area contributed by atoms with Gasteiger partial charge in [0.25, 0.3) is 0 Å². The summed E-state index contributed by atoms with van der Waals surface area (Å²) in [5.74, 6) is -0.497. The summed E-state index contributed by atoms with van der Waals surface area (Å²) >= 11 is 1.64. The SMILES string of the molecule is CCOC(=O)C1(C2OC(C)O2)SC2c3cc4ccccc4cc3C1c1cc3ccccc3cc12. The molecule has 1 aliphatic carbocycles. The van der Waals surface area contributed by atoms with E-state index in [1.54, 1.807) is 11.8 Å². The number of hydrogen-bond donors (Lipinski definition) is 0. The summed E-state index contributed by atoms with van der Waals surface area (Å²) < 4.78 is 16.8. The first-order chi connectivity index (χ1) is 16.6. The van der Waals surface area contributed by atoms with Gasteiger partial charge in [0.15, 0.2) is 17.3 Å². The van der Waals surface area contributed by atoms with Crippen LogP contribution >= 0.6 is 11.8 Å². The number of hydrogen-bond acceptors (Lipinski definition) is 5. The van der Waals surface area contributed by atoms with Crippen molar-refractivity contribution in [3.05, 3.63) is 95.1 Å². The molecule has 0 spiro atoms. The van der Waals surface area contributed by atoms with Gasteiger partial charge in [0.1, 0.15) is 0 Å². The topological polar surface area (TPSA) is 44.8 Å². The van der Waals surface area contributed by atoms with Crippen molar-refractivity contribution < 1.29 is 19.0 Å². The van der Waals surface area contributed by atoms with Crippen molar-refractivity contribution in [1.29, 1.82) is 0 Å². The Kier molecular flexibility index (Phi) is 4.41. The summed E-state index contributed by atoms with van der Waals surface area (Å²) in [5, 5.41) is 4.74. The Morgan fingerprint density at radius 3 is 1.76 bits per heavy atom. The van der Waals surface area contributed by atoms with E-state index in [-0.39, 0.29) is 23.4 Å². The fourth-order valence-corrected chi connectivity index (χ4v) is 7.77. The van der Waals surface area contributed by atoms with Gasteiger partial charge in [0.05, 0.1) is 11.9 Å². The molecule has 0 radical (unpaired) electrons. The third-order valence-corrected chi connectivity index (χ3v) is 9.13. The van der Waals surface area contributed by atoms with Gasteiger partial charge in [-0.1, -0.05) is 60.7 Å². The van der Waals surface area contributed by atoms with Gasteiger partial charge in [-0.25, -0.2) is 0 Å². The van der Waals surface area contributed by atoms with Gasteiger partial charge in [0, 0.05) is 5.92 Å². The summed E-state index contributed by atoms with van der Waals surface area (Å²) in [7, 11) is 0. The highest BCUT2D eigenvalue weighted by Crippen LogP contribution is 2.67. The van der Waals surface area contributed by atoms with Crippen LogP contribution < -0.4 is 0 Å². The van der Waals surface area contributed by atoms with Gasteiger partial charge in [-0.2, -0.15) is 0 Å². The molecule has 4 aromatic rings. The molecular weight excluding hydrogens is 444 g/mol. The summed E-state index contributed by atoms with van der Waals surface area (Å²) in [4.78, 5) is 13.8. The van der Waals surface area contributed by atoms with Crippen molar-refractivity contribution in [2.24, 2.45) is 0 Å². The second-order valence-electron chi connectivity index (χ2n) is 9.27. The van der Waals surface area contributed by atoms with E-state index in [0.717, 1.165) is 0 Å². The summed E-state index contributed by atoms with van der Waals surface area (Å²) in [6, 6.07) is 26.0. The van der Waals surface area contributed by atoms with Crippen LogP contribution in [0.1, 0.15) is 47.3 Å². The van der Waals surface area contributed by atoms with E-state index < -0.39 is 11.0 Å². The highest BCUT2D eigenvalue weighted by molar-refractivity contribution is 8.02. The Morgan fingerprint density at radius 2 is 1.32 bits per heavy atom. The highest BCUT2D eigenvalue weighted by atomic mass is 32.2. The lowest BCUT2D eigenvalue weighted by Crippen LogP contribution is -2.63. The van der Waals surface area contributed by atoms with E-state index in [1.807, 2.05) is 13.8 Å². The second kappa shape index (κ2) is 7.32. The van der Waals surface area contributed by atoms with Gasteiger partial charge in [0.2, 0.25) is 0 Å². The number of benzene rings is 4. The van der Waals surface area contributed by atoms with Gasteiger partial charge in [-0.3, -0.25) is 4.79 Å². The maximum Gasteiger partial charge on any atom is 0.328 e. The third-order valence-electron chi connectivity index (χ3n) is 7.41. The monoisotopic (exact) mass is 468 g/mol. The van der Waals surface area contributed by atoms with E-state index in [0.29, 0.717) is 6.61 Å². The van der Waals surface area contributed by atoms with Gasteiger partial charge in [-0.05, 0) is 69.8 Å². The molecule has 0 aromatic heterocycles. The predicted molar refractivity (Wildman–Crippen MR) is 134 cm³/mol. The normalized spacial score (nSPS) is 28.9. The molecule has 1 fully saturated rings. The molecule has 1 saturated heterocycles. The van der Waals surface area contributed by atoms with Gasteiger partial charge in [-0.15, -0.1) is 11.8 Å². The Hall–Kier alpha value is -2.86. The molecule has 4 aromatic carbocycles.